The van der Waals surface area contributed by atoms with E-state index in [9.17, 15) is 9.59 Å². The molecule has 2 rings (SSSR count). The quantitative estimate of drug-likeness (QED) is 0.852. The highest BCUT2D eigenvalue weighted by Gasteiger charge is 2.15. The van der Waals surface area contributed by atoms with E-state index in [-0.39, 0.29) is 18.1 Å². The van der Waals surface area contributed by atoms with Gasteiger partial charge in [-0.1, -0.05) is 6.92 Å². The van der Waals surface area contributed by atoms with Gasteiger partial charge in [-0.25, -0.2) is 4.98 Å². The highest BCUT2D eigenvalue weighted by atomic mass is 32.1. The second-order valence-electron chi connectivity index (χ2n) is 4.72. The summed E-state index contributed by atoms with van der Waals surface area (Å²) in [5.74, 6) is -1.20. The number of aromatic nitrogens is 1. The number of carboxylic acids is 1. The van der Waals surface area contributed by atoms with E-state index in [1.165, 1.54) is 18.3 Å². The highest BCUT2D eigenvalue weighted by Crippen LogP contribution is 2.25. The van der Waals surface area contributed by atoms with Gasteiger partial charge in [0.15, 0.2) is 0 Å². The van der Waals surface area contributed by atoms with Gasteiger partial charge in [0.05, 0.1) is 13.0 Å². The summed E-state index contributed by atoms with van der Waals surface area (Å²) in [5.41, 5.74) is 1.18. The van der Waals surface area contributed by atoms with Crippen LogP contribution in [0.2, 0.25) is 0 Å². The lowest BCUT2D eigenvalue weighted by Crippen LogP contribution is -2.31. The standard InChI is InChI=1S/C15H16N2O4S/c1-9(15(19)20)7-16-13(18)12-8-22-14(17-12)10-3-5-11(21-2)6-4-10/h3-6,8-9H,7H2,1-2H3,(H,16,18)(H,19,20). The summed E-state index contributed by atoms with van der Waals surface area (Å²) < 4.78 is 5.09. The maximum absolute atomic E-state index is 11.9. The molecule has 0 saturated carbocycles. The Morgan fingerprint density at radius 3 is 2.64 bits per heavy atom. The fourth-order valence-corrected chi connectivity index (χ4v) is 2.47. The lowest BCUT2D eigenvalue weighted by molar-refractivity contribution is -0.140. The first-order chi connectivity index (χ1) is 10.5. The highest BCUT2D eigenvalue weighted by molar-refractivity contribution is 7.13. The molecule has 1 amide bonds. The molecule has 0 fully saturated rings. The van der Waals surface area contributed by atoms with Crippen molar-refractivity contribution in [2.24, 2.45) is 5.92 Å². The summed E-state index contributed by atoms with van der Waals surface area (Å²) in [6.45, 7) is 1.61. The van der Waals surface area contributed by atoms with Crippen LogP contribution in [0.4, 0.5) is 0 Å². The van der Waals surface area contributed by atoms with Gasteiger partial charge >= 0.3 is 5.97 Å². The smallest absolute Gasteiger partial charge is 0.308 e. The third-order valence-electron chi connectivity index (χ3n) is 3.06. The van der Waals surface area contributed by atoms with Gasteiger partial charge in [-0.2, -0.15) is 0 Å². The van der Waals surface area contributed by atoms with Crippen LogP contribution in [-0.4, -0.2) is 35.6 Å². The number of hydrogen-bond donors (Lipinski definition) is 2. The van der Waals surface area contributed by atoms with Crippen molar-refractivity contribution in [2.45, 2.75) is 6.92 Å². The third kappa shape index (κ3) is 3.82. The Morgan fingerprint density at radius 1 is 1.36 bits per heavy atom. The van der Waals surface area contributed by atoms with Crippen molar-refractivity contribution >= 4 is 23.2 Å². The Labute approximate surface area is 131 Å². The van der Waals surface area contributed by atoms with Crippen LogP contribution in [0.3, 0.4) is 0 Å². The van der Waals surface area contributed by atoms with Gasteiger partial charge in [-0.3, -0.25) is 9.59 Å². The van der Waals surface area contributed by atoms with Gasteiger partial charge in [0.25, 0.3) is 5.91 Å². The van der Waals surface area contributed by atoms with Crippen molar-refractivity contribution < 1.29 is 19.4 Å². The Bertz CT molecular complexity index is 666. The van der Waals surface area contributed by atoms with Crippen LogP contribution in [0.1, 0.15) is 17.4 Å². The number of amides is 1. The molecule has 0 aliphatic heterocycles. The molecule has 1 aromatic carbocycles. The monoisotopic (exact) mass is 320 g/mol. The largest absolute Gasteiger partial charge is 0.497 e. The van der Waals surface area contributed by atoms with Crippen LogP contribution in [0, 0.1) is 5.92 Å². The van der Waals surface area contributed by atoms with Crippen LogP contribution >= 0.6 is 11.3 Å². The summed E-state index contributed by atoms with van der Waals surface area (Å²) in [5, 5.41) is 13.7. The minimum Gasteiger partial charge on any atom is -0.497 e. The molecule has 0 bridgehead atoms. The fourth-order valence-electron chi connectivity index (χ4n) is 1.67. The molecular formula is C15H16N2O4S. The molecule has 7 heteroatoms. The van der Waals surface area contributed by atoms with E-state index in [0.717, 1.165) is 16.3 Å². The van der Waals surface area contributed by atoms with E-state index in [1.54, 1.807) is 12.5 Å². The molecule has 0 aliphatic rings. The Kier molecular flexibility index (Phi) is 5.11. The van der Waals surface area contributed by atoms with Gasteiger partial charge in [0.1, 0.15) is 16.5 Å². The van der Waals surface area contributed by atoms with Crippen molar-refractivity contribution in [1.82, 2.24) is 10.3 Å². The molecule has 1 unspecified atom stereocenters. The van der Waals surface area contributed by atoms with E-state index >= 15 is 0 Å². The minimum atomic E-state index is -0.947. The number of rotatable bonds is 6. The van der Waals surface area contributed by atoms with E-state index in [0.29, 0.717) is 0 Å². The van der Waals surface area contributed by atoms with E-state index in [2.05, 4.69) is 10.3 Å². The molecule has 2 aromatic rings. The molecule has 0 radical (unpaired) electrons. The SMILES string of the molecule is COc1ccc(-c2nc(C(=O)NCC(C)C(=O)O)cs2)cc1. The minimum absolute atomic E-state index is 0.0730. The van der Waals surface area contributed by atoms with Gasteiger partial charge in [0, 0.05) is 17.5 Å². The Hall–Kier alpha value is -2.41. The number of carboxylic acid groups (broad SMARTS) is 1. The van der Waals surface area contributed by atoms with Crippen LogP contribution in [0.5, 0.6) is 5.75 Å². The first-order valence-corrected chi connectivity index (χ1v) is 7.50. The lowest BCUT2D eigenvalue weighted by atomic mass is 10.2. The molecule has 0 spiro atoms. The molecule has 22 heavy (non-hydrogen) atoms. The number of benzene rings is 1. The zero-order valence-electron chi connectivity index (χ0n) is 12.2. The molecule has 6 nitrogen and oxygen atoms in total. The number of thiazole rings is 1. The number of carbonyl (C=O) groups excluding carboxylic acids is 1. The molecule has 1 atom stereocenters. The number of aliphatic carboxylic acids is 1. The summed E-state index contributed by atoms with van der Waals surface area (Å²) in [6.07, 6.45) is 0. The van der Waals surface area contributed by atoms with Crippen molar-refractivity contribution in [3.8, 4) is 16.3 Å². The number of nitrogens with zero attached hydrogens (tertiary/aromatic N) is 1. The van der Waals surface area contributed by atoms with Gasteiger partial charge in [0.2, 0.25) is 0 Å². The molecule has 1 aromatic heterocycles. The number of carbonyl (C=O) groups is 2. The first-order valence-electron chi connectivity index (χ1n) is 6.62. The predicted molar refractivity (Wildman–Crippen MR) is 83.2 cm³/mol. The summed E-state index contributed by atoms with van der Waals surface area (Å²) in [4.78, 5) is 26.9. The molecule has 2 N–H and O–H groups in total. The predicted octanol–water partition coefficient (Wildman–Crippen LogP) is 2.27. The average molecular weight is 320 g/mol. The van der Waals surface area contributed by atoms with Crippen molar-refractivity contribution in [2.75, 3.05) is 13.7 Å². The van der Waals surface area contributed by atoms with Crippen molar-refractivity contribution in [3.63, 3.8) is 0 Å². The third-order valence-corrected chi connectivity index (χ3v) is 3.96. The number of nitrogens with one attached hydrogen (secondary N) is 1. The van der Waals surface area contributed by atoms with Crippen molar-refractivity contribution in [3.05, 3.63) is 35.3 Å². The van der Waals surface area contributed by atoms with E-state index < -0.39 is 11.9 Å². The summed E-state index contributed by atoms with van der Waals surface area (Å²) in [7, 11) is 1.60. The Balaban J connectivity index is 2.03. The molecule has 1 heterocycles. The van der Waals surface area contributed by atoms with Crippen molar-refractivity contribution in [1.29, 1.82) is 0 Å². The second-order valence-corrected chi connectivity index (χ2v) is 5.57. The maximum Gasteiger partial charge on any atom is 0.308 e. The van der Waals surface area contributed by atoms with Crippen LogP contribution < -0.4 is 10.1 Å². The first kappa shape index (κ1) is 16.0. The summed E-state index contributed by atoms with van der Waals surface area (Å²) in [6, 6.07) is 7.38. The van der Waals surface area contributed by atoms with Gasteiger partial charge < -0.3 is 15.2 Å². The maximum atomic E-state index is 11.9. The fraction of sp³-hybridized carbons (Fsp3) is 0.267. The Morgan fingerprint density at radius 2 is 2.05 bits per heavy atom. The molecular weight excluding hydrogens is 304 g/mol. The normalized spacial score (nSPS) is 11.7. The zero-order valence-corrected chi connectivity index (χ0v) is 13.0. The van der Waals surface area contributed by atoms with E-state index in [4.69, 9.17) is 9.84 Å². The molecule has 116 valence electrons. The molecule has 0 aliphatic carbocycles. The molecule has 0 saturated heterocycles. The van der Waals surface area contributed by atoms with Crippen LogP contribution in [-0.2, 0) is 4.79 Å². The van der Waals surface area contributed by atoms with Crippen LogP contribution in [0.25, 0.3) is 10.6 Å². The topological polar surface area (TPSA) is 88.5 Å². The average Bonchev–Trinajstić information content (AvgIpc) is 3.02. The van der Waals surface area contributed by atoms with Gasteiger partial charge in [-0.15, -0.1) is 11.3 Å². The van der Waals surface area contributed by atoms with Gasteiger partial charge in [-0.05, 0) is 24.3 Å². The number of methoxy groups -OCH3 is 1. The van der Waals surface area contributed by atoms with Crippen LogP contribution in [0.15, 0.2) is 29.6 Å². The number of ether oxygens (including phenoxy) is 1. The number of hydrogen-bond acceptors (Lipinski definition) is 5. The zero-order chi connectivity index (χ0) is 16.1. The second kappa shape index (κ2) is 7.04. The van der Waals surface area contributed by atoms with E-state index in [1.807, 2.05) is 24.3 Å². The lowest BCUT2D eigenvalue weighted by Gasteiger charge is -2.06. The summed E-state index contributed by atoms with van der Waals surface area (Å²) >= 11 is 1.36.